The predicted octanol–water partition coefficient (Wildman–Crippen LogP) is 16.0. The van der Waals surface area contributed by atoms with Gasteiger partial charge in [0.05, 0.1) is 0 Å². The first kappa shape index (κ1) is 53.9. The van der Waals surface area contributed by atoms with Crippen LogP contribution in [0.1, 0.15) is 278 Å². The molecule has 0 aliphatic heterocycles. The van der Waals surface area contributed by atoms with Gasteiger partial charge in [0.2, 0.25) is 0 Å². The van der Waals surface area contributed by atoms with Gasteiger partial charge in [0, 0.05) is 12.8 Å². The van der Waals surface area contributed by atoms with E-state index in [1.54, 1.807) is 0 Å². The average molecular weight is 778 g/mol. The molecule has 0 saturated heterocycles. The van der Waals surface area contributed by atoms with Gasteiger partial charge >= 0.3 is 11.9 Å². The van der Waals surface area contributed by atoms with Crippen LogP contribution in [0.4, 0.5) is 0 Å². The molecule has 5 nitrogen and oxygen atoms in total. The fraction of sp³-hybridized carbons (Fsp3) is 0.960. The maximum Gasteiger partial charge on any atom is 0.306 e. The summed E-state index contributed by atoms with van der Waals surface area (Å²) in [6, 6.07) is 0. The van der Waals surface area contributed by atoms with E-state index in [0.717, 1.165) is 64.5 Å². The van der Waals surface area contributed by atoms with Crippen LogP contribution in [0.15, 0.2) is 0 Å². The SMILES string of the molecule is CCCCCCCCC(CCCCCCC)OC(=O)CCCCCCCN(C)CCCCCCCC(=O)OC(CCCCCCCC)CCCCCCCC. The first-order chi connectivity index (χ1) is 27.0. The highest BCUT2D eigenvalue weighted by Crippen LogP contribution is 2.20. The number of rotatable bonds is 45. The van der Waals surface area contributed by atoms with E-state index in [-0.39, 0.29) is 24.1 Å². The zero-order valence-electron chi connectivity index (χ0n) is 38.2. The highest BCUT2D eigenvalue weighted by molar-refractivity contribution is 5.69. The van der Waals surface area contributed by atoms with Gasteiger partial charge < -0.3 is 14.4 Å². The Morgan fingerprint density at radius 3 is 0.873 bits per heavy atom. The van der Waals surface area contributed by atoms with E-state index in [9.17, 15) is 9.59 Å². The summed E-state index contributed by atoms with van der Waals surface area (Å²) in [5.41, 5.74) is 0. The summed E-state index contributed by atoms with van der Waals surface area (Å²) >= 11 is 0. The smallest absolute Gasteiger partial charge is 0.306 e. The van der Waals surface area contributed by atoms with Crippen molar-refractivity contribution in [3.8, 4) is 0 Å². The van der Waals surface area contributed by atoms with Crippen molar-refractivity contribution in [2.75, 3.05) is 20.1 Å². The molecule has 0 aromatic heterocycles. The number of unbranched alkanes of at least 4 members (excludes halogenated alkanes) is 27. The summed E-state index contributed by atoms with van der Waals surface area (Å²) in [6.07, 6.45) is 46.9. The average Bonchev–Trinajstić information content (AvgIpc) is 3.17. The molecule has 0 spiro atoms. The zero-order chi connectivity index (χ0) is 40.3. The van der Waals surface area contributed by atoms with E-state index in [1.165, 1.54) is 186 Å². The van der Waals surface area contributed by atoms with Crippen LogP contribution in [-0.4, -0.2) is 49.2 Å². The van der Waals surface area contributed by atoms with E-state index < -0.39 is 0 Å². The summed E-state index contributed by atoms with van der Waals surface area (Å²) < 4.78 is 12.1. The van der Waals surface area contributed by atoms with Gasteiger partial charge in [-0.3, -0.25) is 9.59 Å². The van der Waals surface area contributed by atoms with Crippen LogP contribution in [0.2, 0.25) is 0 Å². The molecule has 0 aliphatic carbocycles. The second-order valence-corrected chi connectivity index (χ2v) is 17.4. The zero-order valence-corrected chi connectivity index (χ0v) is 38.2. The Morgan fingerprint density at radius 2 is 0.582 bits per heavy atom. The number of nitrogens with zero attached hydrogens (tertiary/aromatic N) is 1. The monoisotopic (exact) mass is 778 g/mol. The molecule has 55 heavy (non-hydrogen) atoms. The molecule has 0 aliphatic rings. The number of carbonyl (C=O) groups is 2. The third-order valence-corrected chi connectivity index (χ3v) is 11.7. The number of hydrogen-bond donors (Lipinski definition) is 0. The number of esters is 2. The van der Waals surface area contributed by atoms with Crippen LogP contribution in [-0.2, 0) is 19.1 Å². The number of ether oxygens (including phenoxy) is 2. The Bertz CT molecular complexity index is 772. The van der Waals surface area contributed by atoms with Crippen molar-refractivity contribution in [3.05, 3.63) is 0 Å². The lowest BCUT2D eigenvalue weighted by Gasteiger charge is -2.18. The molecular weight excluding hydrogens is 679 g/mol. The summed E-state index contributed by atoms with van der Waals surface area (Å²) in [5.74, 6) is 0.0769. The molecule has 1 unspecified atom stereocenters. The minimum absolute atomic E-state index is 0.0375. The maximum atomic E-state index is 12.7. The molecule has 328 valence electrons. The van der Waals surface area contributed by atoms with Gasteiger partial charge in [0.15, 0.2) is 0 Å². The van der Waals surface area contributed by atoms with E-state index in [2.05, 4.69) is 39.6 Å². The number of carbonyl (C=O) groups excluding carboxylic acids is 2. The van der Waals surface area contributed by atoms with Crippen LogP contribution < -0.4 is 0 Å². The van der Waals surface area contributed by atoms with E-state index in [1.807, 2.05) is 0 Å². The second-order valence-electron chi connectivity index (χ2n) is 17.4. The van der Waals surface area contributed by atoms with Crippen LogP contribution in [0, 0.1) is 0 Å². The molecule has 0 bridgehead atoms. The minimum atomic E-state index is 0.0375. The molecular formula is C50H99NO4. The highest BCUT2D eigenvalue weighted by Gasteiger charge is 2.16. The van der Waals surface area contributed by atoms with Gasteiger partial charge in [-0.05, 0) is 97.2 Å². The molecule has 0 aromatic carbocycles. The third kappa shape index (κ3) is 40.9. The van der Waals surface area contributed by atoms with Crippen molar-refractivity contribution in [3.63, 3.8) is 0 Å². The van der Waals surface area contributed by atoms with Gasteiger partial charge in [-0.2, -0.15) is 0 Å². The van der Waals surface area contributed by atoms with Crippen LogP contribution in [0.25, 0.3) is 0 Å². The molecule has 0 rings (SSSR count). The summed E-state index contributed by atoms with van der Waals surface area (Å²) in [4.78, 5) is 27.9. The van der Waals surface area contributed by atoms with Crippen LogP contribution >= 0.6 is 0 Å². The van der Waals surface area contributed by atoms with E-state index >= 15 is 0 Å². The fourth-order valence-electron chi connectivity index (χ4n) is 7.92. The molecule has 0 saturated carbocycles. The number of hydrogen-bond acceptors (Lipinski definition) is 5. The van der Waals surface area contributed by atoms with Gasteiger partial charge in [0.25, 0.3) is 0 Å². The topological polar surface area (TPSA) is 55.8 Å². The Morgan fingerprint density at radius 1 is 0.345 bits per heavy atom. The largest absolute Gasteiger partial charge is 0.462 e. The fourth-order valence-corrected chi connectivity index (χ4v) is 7.92. The van der Waals surface area contributed by atoms with Crippen molar-refractivity contribution >= 4 is 11.9 Å². The van der Waals surface area contributed by atoms with Crippen LogP contribution in [0.5, 0.6) is 0 Å². The highest BCUT2D eigenvalue weighted by atomic mass is 16.5. The Hall–Kier alpha value is -1.10. The second kappa shape index (κ2) is 44.0. The van der Waals surface area contributed by atoms with Gasteiger partial charge in [0.1, 0.15) is 12.2 Å². The summed E-state index contributed by atoms with van der Waals surface area (Å²) in [6.45, 7) is 11.4. The van der Waals surface area contributed by atoms with E-state index in [0.29, 0.717) is 12.8 Å². The Labute approximate surface area is 345 Å². The Kier molecular flexibility index (Phi) is 43.1. The van der Waals surface area contributed by atoms with Gasteiger partial charge in [-0.15, -0.1) is 0 Å². The maximum absolute atomic E-state index is 12.7. The molecule has 0 fully saturated rings. The molecule has 0 aromatic rings. The van der Waals surface area contributed by atoms with Crippen molar-refractivity contribution in [2.45, 2.75) is 290 Å². The minimum Gasteiger partial charge on any atom is -0.462 e. The standard InChI is InChI=1S/C50H99NO4/c1-6-10-14-18-24-32-40-47(39-31-23-17-13-9-4)54-49(52)43-35-27-21-29-37-45-51(5)46-38-30-22-28-36-44-50(53)55-48(41-33-25-19-15-11-7-2)42-34-26-20-16-12-8-3/h47-48H,6-46H2,1-5H3. The quantitative estimate of drug-likeness (QED) is 0.0455. The first-order valence-electron chi connectivity index (χ1n) is 25.0. The predicted molar refractivity (Wildman–Crippen MR) is 240 cm³/mol. The lowest BCUT2D eigenvalue weighted by Crippen LogP contribution is -2.20. The summed E-state index contributed by atoms with van der Waals surface area (Å²) in [7, 11) is 2.25. The molecule has 0 radical (unpaired) electrons. The Balaban J connectivity index is 4.00. The molecule has 0 amide bonds. The lowest BCUT2D eigenvalue weighted by molar-refractivity contribution is -0.151. The first-order valence-corrected chi connectivity index (χ1v) is 25.0. The molecule has 5 heteroatoms. The van der Waals surface area contributed by atoms with Crippen molar-refractivity contribution in [2.24, 2.45) is 0 Å². The van der Waals surface area contributed by atoms with Crippen LogP contribution in [0.3, 0.4) is 0 Å². The molecule has 0 N–H and O–H groups in total. The van der Waals surface area contributed by atoms with Crippen molar-refractivity contribution < 1.29 is 19.1 Å². The molecule has 1 atom stereocenters. The van der Waals surface area contributed by atoms with E-state index in [4.69, 9.17) is 9.47 Å². The van der Waals surface area contributed by atoms with Crippen molar-refractivity contribution in [1.82, 2.24) is 4.90 Å². The van der Waals surface area contributed by atoms with Gasteiger partial charge in [-0.1, -0.05) is 188 Å². The summed E-state index contributed by atoms with van der Waals surface area (Å²) in [5, 5.41) is 0. The third-order valence-electron chi connectivity index (χ3n) is 11.7. The molecule has 0 heterocycles. The lowest BCUT2D eigenvalue weighted by atomic mass is 10.0. The van der Waals surface area contributed by atoms with Crippen molar-refractivity contribution in [1.29, 1.82) is 0 Å². The van der Waals surface area contributed by atoms with Gasteiger partial charge in [-0.25, -0.2) is 0 Å². The normalized spacial score (nSPS) is 12.2.